The fourth-order valence-electron chi connectivity index (χ4n) is 1.75. The number of rotatable bonds is 9. The second kappa shape index (κ2) is 11.1. The Bertz CT molecular complexity index is 370. The van der Waals surface area contributed by atoms with Crippen molar-refractivity contribution in [3.05, 3.63) is 30.3 Å². The van der Waals surface area contributed by atoms with Gasteiger partial charge in [0.1, 0.15) is 0 Å². The molecular formula is C14H22NaO3P. The molecule has 1 rings (SSSR count). The SMILES string of the molecule is CCCCCCCCOP(=O)([O-])c1ccccc1.[Na+]. The maximum Gasteiger partial charge on any atom is 1.00 e. The molecule has 0 saturated carbocycles. The van der Waals surface area contributed by atoms with Gasteiger partial charge in [-0.05, 0) is 6.42 Å². The minimum Gasteiger partial charge on any atom is -0.775 e. The van der Waals surface area contributed by atoms with Crippen LogP contribution in [0.3, 0.4) is 0 Å². The second-order valence-electron chi connectivity index (χ2n) is 4.43. The topological polar surface area (TPSA) is 49.4 Å². The van der Waals surface area contributed by atoms with Crippen molar-refractivity contribution in [3.8, 4) is 0 Å². The van der Waals surface area contributed by atoms with E-state index in [1.807, 2.05) is 0 Å². The summed E-state index contributed by atoms with van der Waals surface area (Å²) in [6.07, 6.45) is 6.71. The summed E-state index contributed by atoms with van der Waals surface area (Å²) < 4.78 is 16.8. The van der Waals surface area contributed by atoms with Crippen LogP contribution in [0.25, 0.3) is 0 Å². The van der Waals surface area contributed by atoms with E-state index in [1.54, 1.807) is 30.3 Å². The van der Waals surface area contributed by atoms with Gasteiger partial charge in [-0.25, -0.2) is 0 Å². The molecule has 0 aliphatic rings. The summed E-state index contributed by atoms with van der Waals surface area (Å²) in [5.74, 6) is 0. The molecule has 19 heavy (non-hydrogen) atoms. The van der Waals surface area contributed by atoms with E-state index in [0.29, 0.717) is 6.61 Å². The summed E-state index contributed by atoms with van der Waals surface area (Å²) >= 11 is 0. The molecular weight excluding hydrogens is 270 g/mol. The van der Waals surface area contributed by atoms with Gasteiger partial charge in [-0.2, -0.15) is 0 Å². The first-order valence-electron chi connectivity index (χ1n) is 6.68. The third-order valence-electron chi connectivity index (χ3n) is 2.83. The average molecular weight is 292 g/mol. The van der Waals surface area contributed by atoms with Crippen molar-refractivity contribution in [1.29, 1.82) is 0 Å². The molecule has 0 saturated heterocycles. The molecule has 0 radical (unpaired) electrons. The van der Waals surface area contributed by atoms with Crippen LogP contribution in [0.4, 0.5) is 0 Å². The Morgan fingerprint density at radius 1 is 1.05 bits per heavy atom. The molecule has 3 nitrogen and oxygen atoms in total. The molecule has 0 spiro atoms. The van der Waals surface area contributed by atoms with E-state index in [1.165, 1.54) is 19.3 Å². The van der Waals surface area contributed by atoms with Crippen molar-refractivity contribution in [2.45, 2.75) is 45.4 Å². The van der Waals surface area contributed by atoms with Gasteiger partial charge in [-0.15, -0.1) is 0 Å². The van der Waals surface area contributed by atoms with Gasteiger partial charge in [0.25, 0.3) is 0 Å². The van der Waals surface area contributed by atoms with E-state index in [9.17, 15) is 9.46 Å². The van der Waals surface area contributed by atoms with E-state index in [0.717, 1.165) is 19.3 Å². The summed E-state index contributed by atoms with van der Waals surface area (Å²) in [7, 11) is -3.86. The van der Waals surface area contributed by atoms with Gasteiger partial charge in [0, 0.05) is 5.30 Å². The van der Waals surface area contributed by atoms with E-state index in [2.05, 4.69) is 6.92 Å². The Morgan fingerprint density at radius 3 is 2.26 bits per heavy atom. The fraction of sp³-hybridized carbons (Fsp3) is 0.571. The molecule has 0 fully saturated rings. The Labute approximate surface area is 138 Å². The van der Waals surface area contributed by atoms with Crippen LogP contribution in [-0.4, -0.2) is 6.61 Å². The van der Waals surface area contributed by atoms with Crippen molar-refractivity contribution in [1.82, 2.24) is 0 Å². The first-order valence-corrected chi connectivity index (χ1v) is 8.22. The molecule has 0 aliphatic heterocycles. The Hall–Kier alpha value is 0.370. The third kappa shape index (κ3) is 8.29. The molecule has 1 unspecified atom stereocenters. The molecule has 0 heterocycles. The molecule has 0 amide bonds. The number of hydrogen-bond donors (Lipinski definition) is 0. The quantitative estimate of drug-likeness (QED) is 0.372. The molecule has 102 valence electrons. The van der Waals surface area contributed by atoms with Crippen LogP contribution < -0.4 is 39.8 Å². The molecule has 5 heteroatoms. The predicted molar refractivity (Wildman–Crippen MR) is 73.0 cm³/mol. The van der Waals surface area contributed by atoms with Crippen LogP contribution in [0.5, 0.6) is 0 Å². The molecule has 0 N–H and O–H groups in total. The predicted octanol–water partition coefficient (Wildman–Crippen LogP) is 0.246. The Morgan fingerprint density at radius 2 is 1.63 bits per heavy atom. The minimum absolute atomic E-state index is 0. The average Bonchev–Trinajstić information content (AvgIpc) is 2.39. The molecule has 1 aromatic rings. The Kier molecular flexibility index (Phi) is 11.3. The fourth-order valence-corrected chi connectivity index (χ4v) is 2.81. The summed E-state index contributed by atoms with van der Waals surface area (Å²) in [5.41, 5.74) is 0. The number of benzene rings is 1. The van der Waals surface area contributed by atoms with E-state index in [-0.39, 0.29) is 34.9 Å². The van der Waals surface area contributed by atoms with Gasteiger partial charge in [-0.1, -0.05) is 69.4 Å². The van der Waals surface area contributed by atoms with Gasteiger partial charge in [0.2, 0.25) is 0 Å². The van der Waals surface area contributed by atoms with Gasteiger partial charge in [0.15, 0.2) is 7.60 Å². The maximum absolute atomic E-state index is 11.8. The van der Waals surface area contributed by atoms with Gasteiger partial charge in [0.05, 0.1) is 6.61 Å². The number of hydrogen-bond acceptors (Lipinski definition) is 3. The Balaban J connectivity index is 0.00000324. The van der Waals surface area contributed by atoms with Crippen LogP contribution in [0, 0.1) is 0 Å². The summed E-state index contributed by atoms with van der Waals surface area (Å²) in [5, 5.41) is 0.260. The van der Waals surface area contributed by atoms with Gasteiger partial charge >= 0.3 is 29.6 Å². The molecule has 0 bridgehead atoms. The molecule has 0 aliphatic carbocycles. The zero-order chi connectivity index (χ0) is 13.3. The van der Waals surface area contributed by atoms with Crippen molar-refractivity contribution >= 4 is 12.9 Å². The van der Waals surface area contributed by atoms with Crippen molar-refractivity contribution in [2.75, 3.05) is 6.61 Å². The zero-order valence-corrected chi connectivity index (χ0v) is 14.9. The standard InChI is InChI=1S/C14H23O3P.Na/c1-2-3-4-5-6-10-13-17-18(15,16)14-11-8-7-9-12-14;/h7-9,11-12H,2-6,10,13H2,1H3,(H,15,16);/q;+1/p-1. The van der Waals surface area contributed by atoms with Gasteiger partial charge < -0.3 is 14.0 Å². The molecule has 0 aromatic heterocycles. The van der Waals surface area contributed by atoms with Crippen LogP contribution in [0.1, 0.15) is 45.4 Å². The van der Waals surface area contributed by atoms with E-state index < -0.39 is 7.60 Å². The number of unbranched alkanes of at least 4 members (excludes halogenated alkanes) is 5. The monoisotopic (exact) mass is 292 g/mol. The van der Waals surface area contributed by atoms with E-state index >= 15 is 0 Å². The van der Waals surface area contributed by atoms with Gasteiger partial charge in [-0.3, -0.25) is 0 Å². The minimum atomic E-state index is -3.86. The molecule has 1 aromatic carbocycles. The van der Waals surface area contributed by atoms with Crippen molar-refractivity contribution in [3.63, 3.8) is 0 Å². The summed E-state index contributed by atoms with van der Waals surface area (Å²) in [6, 6.07) is 8.32. The third-order valence-corrected chi connectivity index (χ3v) is 4.28. The maximum atomic E-state index is 11.8. The summed E-state index contributed by atoms with van der Waals surface area (Å²) in [6.45, 7) is 2.47. The normalized spacial score (nSPS) is 13.6. The van der Waals surface area contributed by atoms with Crippen LogP contribution in [0.15, 0.2) is 30.3 Å². The van der Waals surface area contributed by atoms with Crippen LogP contribution in [-0.2, 0) is 9.09 Å². The first kappa shape index (κ1) is 19.4. The van der Waals surface area contributed by atoms with Crippen molar-refractivity contribution in [2.24, 2.45) is 0 Å². The van der Waals surface area contributed by atoms with Crippen LogP contribution in [0.2, 0.25) is 0 Å². The first-order chi connectivity index (χ1) is 8.67. The zero-order valence-electron chi connectivity index (χ0n) is 12.0. The second-order valence-corrected chi connectivity index (χ2v) is 6.20. The largest absolute Gasteiger partial charge is 1.00 e. The molecule has 1 atom stereocenters. The van der Waals surface area contributed by atoms with E-state index in [4.69, 9.17) is 4.52 Å². The van der Waals surface area contributed by atoms with Crippen LogP contribution >= 0.6 is 7.60 Å². The summed E-state index contributed by atoms with van der Waals surface area (Å²) in [4.78, 5) is 11.8. The smallest absolute Gasteiger partial charge is 0.775 e. The van der Waals surface area contributed by atoms with Crippen molar-refractivity contribution < 1.29 is 43.5 Å².